The van der Waals surface area contributed by atoms with E-state index in [9.17, 15) is 9.90 Å². The molecule has 0 atom stereocenters. The first kappa shape index (κ1) is 17.0. The van der Waals surface area contributed by atoms with E-state index in [0.29, 0.717) is 10.6 Å². The summed E-state index contributed by atoms with van der Waals surface area (Å²) in [6.07, 6.45) is 1.43. The number of nitrogens with one attached hydrogen (secondary N) is 1. The molecule has 0 aromatic heterocycles. The number of nitrogens with zero attached hydrogens (tertiary/aromatic N) is 1. The number of hydrogen-bond acceptors (Lipinski definition) is 3. The molecule has 1 saturated heterocycles. The summed E-state index contributed by atoms with van der Waals surface area (Å²) in [7, 11) is 0. The van der Waals surface area contributed by atoms with Crippen LogP contribution in [0.5, 0.6) is 0 Å². The van der Waals surface area contributed by atoms with Gasteiger partial charge in [-0.3, -0.25) is 9.69 Å². The number of carbonyl (C=O) groups excluding carboxylic acids is 1. The van der Waals surface area contributed by atoms with Crippen LogP contribution in [0.3, 0.4) is 0 Å². The molecule has 2 aromatic rings. The maximum absolute atomic E-state index is 12.4. The fourth-order valence-corrected chi connectivity index (χ4v) is 3.02. The lowest BCUT2D eigenvalue weighted by Crippen LogP contribution is -2.35. The first-order valence-corrected chi connectivity index (χ1v) is 8.55. The Kier molecular flexibility index (Phi) is 5.51. The molecule has 1 amide bonds. The van der Waals surface area contributed by atoms with Crippen LogP contribution >= 0.6 is 11.6 Å². The summed E-state index contributed by atoms with van der Waals surface area (Å²) in [5, 5.41) is 13.2. The highest BCUT2D eigenvalue weighted by Gasteiger charge is 2.18. The minimum Gasteiger partial charge on any atom is -0.393 e. The van der Waals surface area contributed by atoms with Gasteiger partial charge in [0.25, 0.3) is 5.91 Å². The molecule has 1 heterocycles. The van der Waals surface area contributed by atoms with Crippen molar-refractivity contribution in [2.75, 3.05) is 18.4 Å². The van der Waals surface area contributed by atoms with E-state index >= 15 is 0 Å². The zero-order valence-electron chi connectivity index (χ0n) is 13.4. The molecular weight excluding hydrogens is 324 g/mol. The lowest BCUT2D eigenvalue weighted by Gasteiger charge is -2.30. The van der Waals surface area contributed by atoms with Crippen LogP contribution in [0.1, 0.15) is 28.8 Å². The summed E-state index contributed by atoms with van der Waals surface area (Å²) < 4.78 is 0. The number of piperidine rings is 1. The van der Waals surface area contributed by atoms with Crippen molar-refractivity contribution in [3.8, 4) is 0 Å². The average Bonchev–Trinajstić information content (AvgIpc) is 2.59. The van der Waals surface area contributed by atoms with Crippen molar-refractivity contribution in [2.45, 2.75) is 25.5 Å². The van der Waals surface area contributed by atoms with Gasteiger partial charge in [-0.15, -0.1) is 0 Å². The molecule has 3 rings (SSSR count). The second-order valence-electron chi connectivity index (χ2n) is 6.13. The number of hydrogen-bond donors (Lipinski definition) is 2. The Morgan fingerprint density at radius 1 is 1.12 bits per heavy atom. The maximum Gasteiger partial charge on any atom is 0.255 e. The third kappa shape index (κ3) is 4.35. The summed E-state index contributed by atoms with van der Waals surface area (Å²) in [5.41, 5.74) is 2.48. The highest BCUT2D eigenvalue weighted by Crippen LogP contribution is 2.21. The molecule has 0 radical (unpaired) electrons. The minimum atomic E-state index is -0.180. The van der Waals surface area contributed by atoms with Crippen molar-refractivity contribution in [1.82, 2.24) is 4.90 Å². The molecule has 0 unspecified atom stereocenters. The molecule has 0 spiro atoms. The molecule has 0 aliphatic carbocycles. The summed E-state index contributed by atoms with van der Waals surface area (Å²) in [6, 6.07) is 14.7. The smallest absolute Gasteiger partial charge is 0.255 e. The Labute approximate surface area is 147 Å². The molecule has 2 N–H and O–H groups in total. The van der Waals surface area contributed by atoms with Gasteiger partial charge in [-0.25, -0.2) is 0 Å². The van der Waals surface area contributed by atoms with Gasteiger partial charge < -0.3 is 10.4 Å². The fourth-order valence-electron chi connectivity index (χ4n) is 2.89. The van der Waals surface area contributed by atoms with Gasteiger partial charge in [-0.1, -0.05) is 29.8 Å². The second-order valence-corrected chi connectivity index (χ2v) is 6.56. The Morgan fingerprint density at radius 2 is 1.79 bits per heavy atom. The first-order valence-electron chi connectivity index (χ1n) is 8.17. The lowest BCUT2D eigenvalue weighted by molar-refractivity contribution is 0.0793. The average molecular weight is 345 g/mol. The van der Waals surface area contributed by atoms with E-state index in [1.54, 1.807) is 24.3 Å². The molecule has 24 heavy (non-hydrogen) atoms. The Morgan fingerprint density at radius 3 is 2.50 bits per heavy atom. The van der Waals surface area contributed by atoms with Crippen molar-refractivity contribution in [3.63, 3.8) is 0 Å². The van der Waals surface area contributed by atoms with Crippen molar-refractivity contribution in [1.29, 1.82) is 0 Å². The van der Waals surface area contributed by atoms with Crippen LogP contribution < -0.4 is 5.32 Å². The molecule has 4 nitrogen and oxygen atoms in total. The van der Waals surface area contributed by atoms with Crippen LogP contribution in [0.15, 0.2) is 48.5 Å². The quantitative estimate of drug-likeness (QED) is 0.891. The highest BCUT2D eigenvalue weighted by molar-refractivity contribution is 6.30. The molecule has 1 aliphatic heterocycles. The third-order valence-electron chi connectivity index (χ3n) is 4.32. The van der Waals surface area contributed by atoms with Gasteiger partial charge in [0.2, 0.25) is 0 Å². The Hall–Kier alpha value is -1.88. The van der Waals surface area contributed by atoms with Crippen LogP contribution in [0.2, 0.25) is 5.02 Å². The zero-order chi connectivity index (χ0) is 16.9. The molecule has 0 bridgehead atoms. The van der Waals surface area contributed by atoms with Crippen LogP contribution in [0, 0.1) is 0 Å². The number of halogens is 1. The molecule has 1 aliphatic rings. The van der Waals surface area contributed by atoms with E-state index in [2.05, 4.69) is 10.2 Å². The van der Waals surface area contributed by atoms with Gasteiger partial charge in [0.15, 0.2) is 0 Å². The van der Waals surface area contributed by atoms with E-state index < -0.39 is 0 Å². The predicted molar refractivity (Wildman–Crippen MR) is 96.4 cm³/mol. The predicted octanol–water partition coefficient (Wildman–Crippen LogP) is 3.55. The third-order valence-corrected chi connectivity index (χ3v) is 4.58. The molecule has 2 aromatic carbocycles. The van der Waals surface area contributed by atoms with Gasteiger partial charge >= 0.3 is 0 Å². The number of para-hydroxylation sites is 1. The minimum absolute atomic E-state index is 0.145. The number of likely N-dealkylation sites (tertiary alicyclic amines) is 1. The van der Waals surface area contributed by atoms with Crippen LogP contribution in [-0.4, -0.2) is 35.1 Å². The van der Waals surface area contributed by atoms with Gasteiger partial charge in [-0.2, -0.15) is 0 Å². The summed E-state index contributed by atoms with van der Waals surface area (Å²) in [4.78, 5) is 14.7. The van der Waals surface area contributed by atoms with Crippen LogP contribution in [0.4, 0.5) is 5.69 Å². The molecular formula is C19H21ClN2O2. The van der Waals surface area contributed by atoms with Crippen molar-refractivity contribution in [3.05, 3.63) is 64.7 Å². The largest absolute Gasteiger partial charge is 0.393 e. The van der Waals surface area contributed by atoms with Gasteiger partial charge in [0, 0.05) is 35.9 Å². The summed E-state index contributed by atoms with van der Waals surface area (Å²) in [6.45, 7) is 2.52. The van der Waals surface area contributed by atoms with Crippen LogP contribution in [-0.2, 0) is 6.54 Å². The summed E-state index contributed by atoms with van der Waals surface area (Å²) in [5.74, 6) is -0.145. The number of rotatable bonds is 4. The van der Waals surface area contributed by atoms with E-state index in [1.165, 1.54) is 0 Å². The number of benzene rings is 2. The Bertz CT molecular complexity index is 695. The Balaban J connectivity index is 1.69. The fraction of sp³-hybridized carbons (Fsp3) is 0.316. The maximum atomic E-state index is 12.4. The second kappa shape index (κ2) is 7.79. The first-order chi connectivity index (χ1) is 11.6. The molecule has 0 saturated carbocycles. The summed E-state index contributed by atoms with van der Waals surface area (Å²) >= 11 is 5.87. The van der Waals surface area contributed by atoms with Crippen molar-refractivity contribution in [2.24, 2.45) is 0 Å². The normalized spacial score (nSPS) is 16.1. The molecule has 5 heteroatoms. The van der Waals surface area contributed by atoms with Gasteiger partial charge in [0.05, 0.1) is 6.10 Å². The van der Waals surface area contributed by atoms with E-state index in [0.717, 1.165) is 43.7 Å². The standard InChI is InChI=1S/C19H21ClN2O2/c20-16-7-5-14(6-8-16)19(24)21-18-4-2-1-3-15(18)13-22-11-9-17(23)10-12-22/h1-8,17,23H,9-13H2,(H,21,24). The zero-order valence-corrected chi connectivity index (χ0v) is 14.2. The number of anilines is 1. The SMILES string of the molecule is O=C(Nc1ccccc1CN1CCC(O)CC1)c1ccc(Cl)cc1. The molecule has 1 fully saturated rings. The topological polar surface area (TPSA) is 52.6 Å². The van der Waals surface area contributed by atoms with Crippen molar-refractivity contribution >= 4 is 23.2 Å². The molecule has 126 valence electrons. The number of carbonyl (C=O) groups is 1. The number of aliphatic hydroxyl groups excluding tert-OH is 1. The van der Waals surface area contributed by atoms with Crippen LogP contribution in [0.25, 0.3) is 0 Å². The van der Waals surface area contributed by atoms with E-state index in [4.69, 9.17) is 11.6 Å². The van der Waals surface area contributed by atoms with E-state index in [-0.39, 0.29) is 12.0 Å². The lowest BCUT2D eigenvalue weighted by atomic mass is 10.1. The highest BCUT2D eigenvalue weighted by atomic mass is 35.5. The van der Waals surface area contributed by atoms with E-state index in [1.807, 2.05) is 24.3 Å². The van der Waals surface area contributed by atoms with Gasteiger partial charge in [0.1, 0.15) is 0 Å². The van der Waals surface area contributed by atoms with Crippen molar-refractivity contribution < 1.29 is 9.90 Å². The van der Waals surface area contributed by atoms with Gasteiger partial charge in [-0.05, 0) is 48.7 Å². The monoisotopic (exact) mass is 344 g/mol. The number of amides is 1. The number of aliphatic hydroxyl groups is 1.